The van der Waals surface area contributed by atoms with E-state index in [0.717, 1.165) is 0 Å². The first-order valence-electron chi connectivity index (χ1n) is 5.69. The normalized spacial score (nSPS) is 11.6. The van der Waals surface area contributed by atoms with Crippen molar-refractivity contribution >= 4 is 17.6 Å². The van der Waals surface area contributed by atoms with Gasteiger partial charge >= 0.3 is 5.97 Å². The first-order valence-corrected chi connectivity index (χ1v) is 5.69. The second-order valence-electron chi connectivity index (χ2n) is 3.86. The zero-order valence-electron chi connectivity index (χ0n) is 10.3. The Bertz CT molecular complexity index is 473. The predicted molar refractivity (Wildman–Crippen MR) is 71.0 cm³/mol. The number of carbonyl (C=O) groups is 2. The zero-order valence-corrected chi connectivity index (χ0v) is 10.3. The molecular weight excluding hydrogens is 248 g/mol. The lowest BCUT2D eigenvalue weighted by atomic mass is 10.2. The van der Waals surface area contributed by atoms with E-state index in [1.54, 1.807) is 12.1 Å². The van der Waals surface area contributed by atoms with Gasteiger partial charge in [-0.05, 0) is 12.1 Å². The minimum absolute atomic E-state index is 0.0678. The highest BCUT2D eigenvalue weighted by atomic mass is 16.4. The summed E-state index contributed by atoms with van der Waals surface area (Å²) in [5.74, 6) is -1.68. The number of aromatic hydroxyl groups is 1. The van der Waals surface area contributed by atoms with Gasteiger partial charge in [-0.2, -0.15) is 0 Å². The van der Waals surface area contributed by atoms with Crippen molar-refractivity contribution in [1.82, 2.24) is 5.32 Å². The molecule has 0 aliphatic rings. The number of phenolic OH excluding ortho intramolecular Hbond substituents is 1. The third-order valence-electron chi connectivity index (χ3n) is 2.37. The Labute approximate surface area is 110 Å². The summed E-state index contributed by atoms with van der Waals surface area (Å²) < 4.78 is 0. The Morgan fingerprint density at radius 2 is 2.05 bits per heavy atom. The topological polar surface area (TPSA) is 98.7 Å². The first kappa shape index (κ1) is 14.7. The summed E-state index contributed by atoms with van der Waals surface area (Å²) in [5.41, 5.74) is 0.250. The van der Waals surface area contributed by atoms with Gasteiger partial charge in [0.25, 0.3) is 0 Å². The molecule has 6 nitrogen and oxygen atoms in total. The molecule has 0 saturated carbocycles. The molecule has 0 bridgehead atoms. The quantitative estimate of drug-likeness (QED) is 0.434. The van der Waals surface area contributed by atoms with Crippen LogP contribution in [0.5, 0.6) is 5.75 Å². The van der Waals surface area contributed by atoms with Crippen LogP contribution in [-0.4, -0.2) is 34.7 Å². The highest BCUT2D eigenvalue weighted by molar-refractivity contribution is 5.95. The van der Waals surface area contributed by atoms with Gasteiger partial charge in [0.1, 0.15) is 11.8 Å². The summed E-state index contributed by atoms with van der Waals surface area (Å²) in [6.45, 7) is 3.75. The number of carboxylic acid groups (broad SMARTS) is 1. The Hall–Kier alpha value is -2.34. The molecule has 6 heteroatoms. The van der Waals surface area contributed by atoms with Crippen LogP contribution in [0.1, 0.15) is 6.42 Å². The predicted octanol–water partition coefficient (Wildman–Crippen LogP) is 0.950. The van der Waals surface area contributed by atoms with Crippen molar-refractivity contribution in [1.29, 1.82) is 0 Å². The van der Waals surface area contributed by atoms with Crippen LogP contribution in [0.2, 0.25) is 0 Å². The first-order chi connectivity index (χ1) is 9.04. The SMILES string of the molecule is C=CCNC(CC(=O)Nc1ccccc1O)C(=O)O. The molecule has 1 aromatic carbocycles. The molecule has 4 N–H and O–H groups in total. The molecule has 1 atom stereocenters. The van der Waals surface area contributed by atoms with E-state index in [2.05, 4.69) is 17.2 Å². The fraction of sp³-hybridized carbons (Fsp3) is 0.231. The van der Waals surface area contributed by atoms with Gasteiger partial charge in [0.2, 0.25) is 5.91 Å². The maximum absolute atomic E-state index is 11.7. The number of hydrogen-bond acceptors (Lipinski definition) is 4. The van der Waals surface area contributed by atoms with Gasteiger partial charge < -0.3 is 20.8 Å². The fourth-order valence-corrected chi connectivity index (χ4v) is 1.44. The molecule has 102 valence electrons. The minimum Gasteiger partial charge on any atom is -0.506 e. The van der Waals surface area contributed by atoms with E-state index in [-0.39, 0.29) is 17.9 Å². The lowest BCUT2D eigenvalue weighted by Gasteiger charge is -2.13. The lowest BCUT2D eigenvalue weighted by Crippen LogP contribution is -2.39. The molecule has 0 heterocycles. The van der Waals surface area contributed by atoms with Crippen molar-refractivity contribution in [3.63, 3.8) is 0 Å². The van der Waals surface area contributed by atoms with Gasteiger partial charge in [-0.1, -0.05) is 18.2 Å². The number of para-hydroxylation sites is 2. The van der Waals surface area contributed by atoms with Gasteiger partial charge in [0, 0.05) is 6.54 Å². The third-order valence-corrected chi connectivity index (χ3v) is 2.37. The van der Waals surface area contributed by atoms with E-state index in [1.165, 1.54) is 18.2 Å². The Kier molecular flexibility index (Phi) is 5.56. The van der Waals surface area contributed by atoms with Gasteiger partial charge in [-0.3, -0.25) is 9.59 Å². The Morgan fingerprint density at radius 1 is 1.37 bits per heavy atom. The number of hydrogen-bond donors (Lipinski definition) is 4. The maximum atomic E-state index is 11.7. The molecule has 1 aromatic rings. The van der Waals surface area contributed by atoms with E-state index in [4.69, 9.17) is 5.11 Å². The second-order valence-corrected chi connectivity index (χ2v) is 3.86. The van der Waals surface area contributed by atoms with Crippen LogP contribution in [0.25, 0.3) is 0 Å². The zero-order chi connectivity index (χ0) is 14.3. The number of benzene rings is 1. The van der Waals surface area contributed by atoms with E-state index >= 15 is 0 Å². The molecule has 0 radical (unpaired) electrons. The highest BCUT2D eigenvalue weighted by Crippen LogP contribution is 2.21. The number of aliphatic carboxylic acids is 1. The van der Waals surface area contributed by atoms with Gasteiger partial charge in [-0.25, -0.2) is 0 Å². The van der Waals surface area contributed by atoms with Crippen molar-refractivity contribution in [2.75, 3.05) is 11.9 Å². The molecule has 1 unspecified atom stereocenters. The van der Waals surface area contributed by atoms with Crippen molar-refractivity contribution in [2.24, 2.45) is 0 Å². The molecular formula is C13H16N2O4. The van der Waals surface area contributed by atoms with Crippen LogP contribution in [0.15, 0.2) is 36.9 Å². The number of carboxylic acids is 1. The van der Waals surface area contributed by atoms with E-state index < -0.39 is 17.9 Å². The molecule has 1 rings (SSSR count). The van der Waals surface area contributed by atoms with Crippen LogP contribution in [0.3, 0.4) is 0 Å². The Balaban J connectivity index is 2.60. The van der Waals surface area contributed by atoms with Crippen molar-refractivity contribution in [3.8, 4) is 5.75 Å². The molecule has 0 aliphatic carbocycles. The molecule has 19 heavy (non-hydrogen) atoms. The second kappa shape index (κ2) is 7.17. The Morgan fingerprint density at radius 3 is 2.63 bits per heavy atom. The van der Waals surface area contributed by atoms with Crippen LogP contribution in [-0.2, 0) is 9.59 Å². The lowest BCUT2D eigenvalue weighted by molar-refractivity contribution is -0.140. The van der Waals surface area contributed by atoms with Crippen molar-refractivity contribution in [3.05, 3.63) is 36.9 Å². The summed E-state index contributed by atoms with van der Waals surface area (Å²) in [7, 11) is 0. The van der Waals surface area contributed by atoms with Crippen molar-refractivity contribution in [2.45, 2.75) is 12.5 Å². The summed E-state index contributed by atoms with van der Waals surface area (Å²) >= 11 is 0. The largest absolute Gasteiger partial charge is 0.506 e. The van der Waals surface area contributed by atoms with E-state index in [0.29, 0.717) is 6.54 Å². The third kappa shape index (κ3) is 4.81. The summed E-state index contributed by atoms with van der Waals surface area (Å²) in [4.78, 5) is 22.6. The molecule has 0 saturated heterocycles. The number of amides is 1. The number of carbonyl (C=O) groups excluding carboxylic acids is 1. The fourth-order valence-electron chi connectivity index (χ4n) is 1.44. The average Bonchev–Trinajstić information content (AvgIpc) is 2.37. The summed E-state index contributed by atoms with van der Waals surface area (Å²) in [6.07, 6.45) is 1.27. The van der Waals surface area contributed by atoms with Crippen LogP contribution < -0.4 is 10.6 Å². The van der Waals surface area contributed by atoms with E-state index in [9.17, 15) is 14.7 Å². The summed E-state index contributed by atoms with van der Waals surface area (Å²) in [5, 5.41) is 23.5. The number of nitrogens with one attached hydrogen (secondary N) is 2. The molecule has 0 aromatic heterocycles. The molecule has 1 amide bonds. The highest BCUT2D eigenvalue weighted by Gasteiger charge is 2.20. The number of rotatable bonds is 7. The van der Waals surface area contributed by atoms with Crippen LogP contribution >= 0.6 is 0 Å². The van der Waals surface area contributed by atoms with Gasteiger partial charge in [0.15, 0.2) is 0 Å². The number of anilines is 1. The molecule has 0 aliphatic heterocycles. The standard InChI is InChI=1S/C13H16N2O4/c1-2-7-14-10(13(18)19)8-12(17)15-9-5-3-4-6-11(9)16/h2-6,10,14,16H,1,7-8H2,(H,15,17)(H,18,19). The monoisotopic (exact) mass is 264 g/mol. The van der Waals surface area contributed by atoms with Crippen LogP contribution in [0.4, 0.5) is 5.69 Å². The van der Waals surface area contributed by atoms with Crippen molar-refractivity contribution < 1.29 is 19.8 Å². The van der Waals surface area contributed by atoms with Gasteiger partial charge in [0.05, 0.1) is 12.1 Å². The molecule has 0 fully saturated rings. The molecule has 0 spiro atoms. The van der Waals surface area contributed by atoms with E-state index in [1.807, 2.05) is 0 Å². The smallest absolute Gasteiger partial charge is 0.321 e. The maximum Gasteiger partial charge on any atom is 0.321 e. The minimum atomic E-state index is -1.12. The average molecular weight is 264 g/mol. The summed E-state index contributed by atoms with van der Waals surface area (Å²) in [6, 6.07) is 5.24. The van der Waals surface area contributed by atoms with Gasteiger partial charge in [-0.15, -0.1) is 6.58 Å². The number of phenols is 1. The van der Waals surface area contributed by atoms with Crippen LogP contribution in [0, 0.1) is 0 Å².